The molecule has 4 rings (SSSR count). The van der Waals surface area contributed by atoms with Gasteiger partial charge in [-0.3, -0.25) is 4.79 Å². The molecule has 0 radical (unpaired) electrons. The number of aryl methyl sites for hydroxylation is 1. The molecule has 1 aromatic rings. The quantitative estimate of drug-likeness (QED) is 0.785. The maximum absolute atomic E-state index is 12.5. The Morgan fingerprint density at radius 1 is 1.35 bits per heavy atom. The molecule has 5 heteroatoms. The molecule has 3 aliphatic rings. The maximum atomic E-state index is 12.5. The van der Waals surface area contributed by atoms with Crippen LogP contribution >= 0.6 is 15.9 Å². The van der Waals surface area contributed by atoms with Crippen LogP contribution in [-0.4, -0.2) is 20.8 Å². The molecule has 0 N–H and O–H groups in total. The van der Waals surface area contributed by atoms with Gasteiger partial charge in [-0.2, -0.15) is 0 Å². The molecule has 0 aliphatic heterocycles. The van der Waals surface area contributed by atoms with E-state index in [4.69, 9.17) is 0 Å². The van der Waals surface area contributed by atoms with Gasteiger partial charge in [0.1, 0.15) is 5.69 Å². The predicted octanol–water partition coefficient (Wildman–Crippen LogP) is 2.05. The number of nitrogens with zero attached hydrogens (tertiary/aromatic N) is 3. The van der Waals surface area contributed by atoms with Crippen LogP contribution < -0.4 is 0 Å². The third kappa shape index (κ3) is 1.21. The Balaban J connectivity index is 1.64. The Kier molecular flexibility index (Phi) is 1.92. The van der Waals surface area contributed by atoms with Gasteiger partial charge >= 0.3 is 0 Å². The van der Waals surface area contributed by atoms with Crippen LogP contribution in [0.15, 0.2) is 4.60 Å². The van der Waals surface area contributed by atoms with E-state index in [0.29, 0.717) is 22.1 Å². The summed E-state index contributed by atoms with van der Waals surface area (Å²) in [6.07, 6.45) is 4.07. The van der Waals surface area contributed by atoms with Crippen LogP contribution in [-0.2, 0) is 7.05 Å². The van der Waals surface area contributed by atoms with Crippen molar-refractivity contribution in [3.8, 4) is 0 Å². The predicted molar refractivity (Wildman–Crippen MR) is 64.3 cm³/mol. The summed E-state index contributed by atoms with van der Waals surface area (Å²) < 4.78 is 2.20. The molecule has 17 heavy (non-hydrogen) atoms. The Labute approximate surface area is 108 Å². The summed E-state index contributed by atoms with van der Waals surface area (Å²) in [5.41, 5.74) is 0.656. The number of rotatable bonds is 2. The van der Waals surface area contributed by atoms with Crippen molar-refractivity contribution < 1.29 is 4.79 Å². The molecule has 0 saturated heterocycles. The third-order valence-electron chi connectivity index (χ3n) is 5.06. The summed E-state index contributed by atoms with van der Waals surface area (Å²) in [5.74, 6) is 3.56. The minimum atomic E-state index is 0.260. The van der Waals surface area contributed by atoms with Gasteiger partial charge in [0.05, 0.1) is 0 Å². The molecule has 0 amide bonds. The van der Waals surface area contributed by atoms with Crippen LogP contribution in [0.1, 0.15) is 29.8 Å². The fourth-order valence-corrected chi connectivity index (χ4v) is 4.95. The van der Waals surface area contributed by atoms with Crippen LogP contribution in [0.4, 0.5) is 0 Å². The summed E-state index contributed by atoms with van der Waals surface area (Å²) in [6, 6.07) is 0. The van der Waals surface area contributed by atoms with E-state index in [9.17, 15) is 4.79 Å². The van der Waals surface area contributed by atoms with Gasteiger partial charge in [0.2, 0.25) is 0 Å². The van der Waals surface area contributed by atoms with E-state index < -0.39 is 0 Å². The number of hydrogen-bond acceptors (Lipinski definition) is 3. The molecule has 1 heterocycles. The van der Waals surface area contributed by atoms with Gasteiger partial charge in [-0.25, -0.2) is 4.68 Å². The summed E-state index contributed by atoms with van der Waals surface area (Å²) in [7, 11) is 1.79. The molecular formula is C12H14BrN3O. The zero-order chi connectivity index (χ0) is 11.7. The minimum absolute atomic E-state index is 0.260. The molecule has 4 unspecified atom stereocenters. The highest BCUT2D eigenvalue weighted by Gasteiger charge is 2.67. The number of carbonyl (C=O) groups excluding carboxylic acids is 1. The highest BCUT2D eigenvalue weighted by molar-refractivity contribution is 9.10. The Morgan fingerprint density at radius 2 is 2.00 bits per heavy atom. The Hall–Kier alpha value is -0.710. The average molecular weight is 296 g/mol. The molecule has 3 saturated carbocycles. The SMILES string of the molecule is Cn1nnc(Br)c1C(=O)C1C2C3CCC(C3)C12. The van der Waals surface area contributed by atoms with Gasteiger partial charge in [0, 0.05) is 13.0 Å². The first kappa shape index (κ1) is 10.2. The van der Waals surface area contributed by atoms with Crippen molar-refractivity contribution in [1.29, 1.82) is 0 Å². The van der Waals surface area contributed by atoms with Gasteiger partial charge in [0.15, 0.2) is 10.4 Å². The van der Waals surface area contributed by atoms with Crippen molar-refractivity contribution in [2.24, 2.45) is 36.6 Å². The van der Waals surface area contributed by atoms with E-state index in [1.807, 2.05) is 0 Å². The summed E-state index contributed by atoms with van der Waals surface area (Å²) in [4.78, 5) is 12.5. The lowest BCUT2D eigenvalue weighted by molar-refractivity contribution is 0.0934. The molecular weight excluding hydrogens is 282 g/mol. The average Bonchev–Trinajstić information content (AvgIpc) is 2.59. The van der Waals surface area contributed by atoms with Crippen LogP contribution in [0.25, 0.3) is 0 Å². The van der Waals surface area contributed by atoms with Crippen molar-refractivity contribution in [1.82, 2.24) is 15.0 Å². The van der Waals surface area contributed by atoms with Crippen molar-refractivity contribution >= 4 is 21.7 Å². The normalized spacial score (nSPS) is 41.6. The summed E-state index contributed by atoms with van der Waals surface area (Å²) in [5, 5.41) is 7.80. The first-order chi connectivity index (χ1) is 8.18. The Morgan fingerprint density at radius 3 is 2.53 bits per heavy atom. The van der Waals surface area contributed by atoms with Gasteiger partial charge in [-0.15, -0.1) is 5.10 Å². The minimum Gasteiger partial charge on any atom is -0.292 e. The van der Waals surface area contributed by atoms with Gasteiger partial charge in [0.25, 0.3) is 0 Å². The molecule has 90 valence electrons. The number of carbonyl (C=O) groups is 1. The van der Waals surface area contributed by atoms with Gasteiger partial charge in [-0.1, -0.05) is 5.21 Å². The van der Waals surface area contributed by atoms with E-state index in [1.54, 1.807) is 11.7 Å². The molecule has 3 aliphatic carbocycles. The van der Waals surface area contributed by atoms with Crippen molar-refractivity contribution in [2.45, 2.75) is 19.3 Å². The standard InChI is InChI=1S/C12H14BrN3O/c1-16-10(12(13)14-15-16)11(17)9-7-5-2-3-6(4-5)8(7)9/h5-9H,2-4H2,1H3. The number of fused-ring (bicyclic) bond motifs is 5. The van der Waals surface area contributed by atoms with E-state index in [2.05, 4.69) is 26.2 Å². The fourth-order valence-electron chi connectivity index (χ4n) is 4.43. The van der Waals surface area contributed by atoms with Crippen molar-refractivity contribution in [3.05, 3.63) is 10.3 Å². The molecule has 1 aromatic heterocycles. The maximum Gasteiger partial charge on any atom is 0.187 e. The lowest BCUT2D eigenvalue weighted by atomic mass is 9.99. The van der Waals surface area contributed by atoms with E-state index in [0.717, 1.165) is 11.8 Å². The summed E-state index contributed by atoms with van der Waals surface area (Å²) in [6.45, 7) is 0. The molecule has 4 nitrogen and oxygen atoms in total. The number of aromatic nitrogens is 3. The zero-order valence-corrected chi connectivity index (χ0v) is 11.2. The molecule has 3 fully saturated rings. The number of ketones is 1. The van der Waals surface area contributed by atoms with E-state index >= 15 is 0 Å². The number of Topliss-reactive ketones (excluding diaryl/α,β-unsaturated/α-hetero) is 1. The van der Waals surface area contributed by atoms with E-state index in [-0.39, 0.29) is 11.7 Å². The highest BCUT2D eigenvalue weighted by Crippen LogP contribution is 2.70. The van der Waals surface area contributed by atoms with Crippen LogP contribution in [0.5, 0.6) is 0 Å². The van der Waals surface area contributed by atoms with Crippen LogP contribution in [0, 0.1) is 29.6 Å². The molecule has 0 spiro atoms. The van der Waals surface area contributed by atoms with Gasteiger partial charge in [-0.05, 0) is 58.9 Å². The Bertz CT molecular complexity index is 476. The second-order valence-corrected chi connectivity index (χ2v) is 6.48. The topological polar surface area (TPSA) is 47.8 Å². The lowest BCUT2D eigenvalue weighted by Gasteiger charge is -2.07. The molecule has 0 aromatic carbocycles. The van der Waals surface area contributed by atoms with E-state index in [1.165, 1.54) is 19.3 Å². The van der Waals surface area contributed by atoms with Gasteiger partial charge < -0.3 is 0 Å². The monoisotopic (exact) mass is 295 g/mol. The van der Waals surface area contributed by atoms with Crippen molar-refractivity contribution in [2.75, 3.05) is 0 Å². The lowest BCUT2D eigenvalue weighted by Crippen LogP contribution is -2.14. The number of halogens is 1. The van der Waals surface area contributed by atoms with Crippen LogP contribution in [0.3, 0.4) is 0 Å². The smallest absolute Gasteiger partial charge is 0.187 e. The first-order valence-electron chi connectivity index (χ1n) is 6.28. The molecule has 4 atom stereocenters. The second-order valence-electron chi connectivity index (χ2n) is 5.73. The number of hydrogen-bond donors (Lipinski definition) is 0. The zero-order valence-electron chi connectivity index (χ0n) is 9.64. The van der Waals surface area contributed by atoms with Crippen molar-refractivity contribution in [3.63, 3.8) is 0 Å². The largest absolute Gasteiger partial charge is 0.292 e. The molecule has 2 bridgehead atoms. The summed E-state index contributed by atoms with van der Waals surface area (Å²) >= 11 is 3.32. The third-order valence-corrected chi connectivity index (χ3v) is 5.59. The second kappa shape index (κ2) is 3.19. The highest BCUT2D eigenvalue weighted by atomic mass is 79.9. The van der Waals surface area contributed by atoms with Crippen LogP contribution in [0.2, 0.25) is 0 Å². The first-order valence-corrected chi connectivity index (χ1v) is 7.07. The fraction of sp³-hybridized carbons (Fsp3) is 0.750.